The van der Waals surface area contributed by atoms with Crippen molar-refractivity contribution in [3.05, 3.63) is 59.9 Å². The standard InChI is InChI=1S/C19H19FN4O/c20-15-6-2-1-5-14(15)13-18(25)23-9-11-24(12-10-23)19-21-16-7-3-4-8-17(16)22-19/h1-8H,9-13H2,(H,21,22). The van der Waals surface area contributed by atoms with Gasteiger partial charge in [-0.15, -0.1) is 0 Å². The molecule has 1 N–H and O–H groups in total. The number of nitrogens with one attached hydrogen (secondary N) is 1. The van der Waals surface area contributed by atoms with E-state index in [4.69, 9.17) is 0 Å². The summed E-state index contributed by atoms with van der Waals surface area (Å²) in [7, 11) is 0. The van der Waals surface area contributed by atoms with Crippen molar-refractivity contribution >= 4 is 22.9 Å². The number of amides is 1. The van der Waals surface area contributed by atoms with E-state index < -0.39 is 0 Å². The molecule has 1 saturated heterocycles. The fraction of sp³-hybridized carbons (Fsp3) is 0.263. The van der Waals surface area contributed by atoms with Gasteiger partial charge < -0.3 is 14.8 Å². The van der Waals surface area contributed by atoms with E-state index in [0.717, 1.165) is 17.0 Å². The van der Waals surface area contributed by atoms with Gasteiger partial charge in [0, 0.05) is 26.2 Å². The lowest BCUT2D eigenvalue weighted by atomic mass is 10.1. The normalized spacial score (nSPS) is 14.9. The van der Waals surface area contributed by atoms with Crippen molar-refractivity contribution < 1.29 is 9.18 Å². The van der Waals surface area contributed by atoms with Crippen molar-refractivity contribution in [2.75, 3.05) is 31.1 Å². The molecule has 0 atom stereocenters. The molecule has 3 aromatic rings. The number of H-pyrrole nitrogens is 1. The quantitative estimate of drug-likeness (QED) is 0.799. The van der Waals surface area contributed by atoms with E-state index in [-0.39, 0.29) is 18.1 Å². The maximum atomic E-state index is 13.7. The number of piperazine rings is 1. The molecular weight excluding hydrogens is 319 g/mol. The summed E-state index contributed by atoms with van der Waals surface area (Å²) in [6, 6.07) is 14.4. The molecule has 128 valence electrons. The third kappa shape index (κ3) is 3.20. The molecule has 0 aliphatic carbocycles. The number of nitrogens with zero attached hydrogens (tertiary/aromatic N) is 3. The Balaban J connectivity index is 1.39. The molecule has 2 aromatic carbocycles. The summed E-state index contributed by atoms with van der Waals surface area (Å²) in [6.07, 6.45) is 0.108. The molecule has 6 heteroatoms. The van der Waals surface area contributed by atoms with Crippen LogP contribution < -0.4 is 4.90 Å². The molecule has 1 fully saturated rings. The minimum Gasteiger partial charge on any atom is -0.339 e. The van der Waals surface area contributed by atoms with E-state index in [1.807, 2.05) is 24.3 Å². The minimum atomic E-state index is -0.322. The summed E-state index contributed by atoms with van der Waals surface area (Å²) in [4.78, 5) is 24.3. The number of para-hydroxylation sites is 2. The Labute approximate surface area is 145 Å². The lowest BCUT2D eigenvalue weighted by Gasteiger charge is -2.34. The zero-order valence-corrected chi connectivity index (χ0v) is 13.8. The Hall–Kier alpha value is -2.89. The van der Waals surface area contributed by atoms with Gasteiger partial charge >= 0.3 is 0 Å². The van der Waals surface area contributed by atoms with Gasteiger partial charge in [-0.05, 0) is 23.8 Å². The number of aromatic nitrogens is 2. The van der Waals surface area contributed by atoms with E-state index in [1.54, 1.807) is 23.1 Å². The molecule has 0 unspecified atom stereocenters. The number of carbonyl (C=O) groups excluding carboxylic acids is 1. The van der Waals surface area contributed by atoms with E-state index in [2.05, 4.69) is 14.9 Å². The maximum Gasteiger partial charge on any atom is 0.227 e. The third-order valence-electron chi connectivity index (χ3n) is 4.61. The number of carbonyl (C=O) groups is 1. The lowest BCUT2D eigenvalue weighted by molar-refractivity contribution is -0.130. The van der Waals surface area contributed by atoms with Crippen molar-refractivity contribution in [2.45, 2.75) is 6.42 Å². The topological polar surface area (TPSA) is 52.2 Å². The first-order valence-corrected chi connectivity index (χ1v) is 8.41. The summed E-state index contributed by atoms with van der Waals surface area (Å²) in [5, 5.41) is 0. The maximum absolute atomic E-state index is 13.7. The van der Waals surface area contributed by atoms with Gasteiger partial charge in [0.1, 0.15) is 5.82 Å². The smallest absolute Gasteiger partial charge is 0.227 e. The Morgan fingerprint density at radius 3 is 2.52 bits per heavy atom. The van der Waals surface area contributed by atoms with Gasteiger partial charge in [0.15, 0.2) is 0 Å². The van der Waals surface area contributed by atoms with E-state index in [0.29, 0.717) is 31.7 Å². The second-order valence-electron chi connectivity index (χ2n) is 6.21. The zero-order chi connectivity index (χ0) is 17.2. The van der Waals surface area contributed by atoms with E-state index >= 15 is 0 Å². The average molecular weight is 338 g/mol. The highest BCUT2D eigenvalue weighted by Crippen LogP contribution is 2.19. The number of aromatic amines is 1. The number of anilines is 1. The summed E-state index contributed by atoms with van der Waals surface area (Å²) < 4.78 is 13.7. The van der Waals surface area contributed by atoms with Crippen LogP contribution in [0.3, 0.4) is 0 Å². The van der Waals surface area contributed by atoms with Crippen molar-refractivity contribution in [3.63, 3.8) is 0 Å². The van der Waals surface area contributed by atoms with Gasteiger partial charge in [-0.25, -0.2) is 9.37 Å². The minimum absolute atomic E-state index is 0.0330. The molecule has 0 bridgehead atoms. The fourth-order valence-corrected chi connectivity index (χ4v) is 3.17. The first-order chi connectivity index (χ1) is 12.2. The summed E-state index contributed by atoms with van der Waals surface area (Å²) in [5.41, 5.74) is 2.40. The Morgan fingerprint density at radius 1 is 1.04 bits per heavy atom. The van der Waals surface area contributed by atoms with Crippen LogP contribution in [-0.4, -0.2) is 47.0 Å². The van der Waals surface area contributed by atoms with Crippen LogP contribution in [0.15, 0.2) is 48.5 Å². The summed E-state index contributed by atoms with van der Waals surface area (Å²) >= 11 is 0. The average Bonchev–Trinajstić information content (AvgIpc) is 3.08. The molecule has 0 saturated carbocycles. The van der Waals surface area contributed by atoms with E-state index in [1.165, 1.54) is 6.07 Å². The molecule has 1 aliphatic heterocycles. The molecule has 0 radical (unpaired) electrons. The monoisotopic (exact) mass is 338 g/mol. The lowest BCUT2D eigenvalue weighted by Crippen LogP contribution is -2.49. The van der Waals surface area contributed by atoms with Crippen LogP contribution in [0, 0.1) is 5.82 Å². The zero-order valence-electron chi connectivity index (χ0n) is 13.8. The highest BCUT2D eigenvalue weighted by atomic mass is 19.1. The van der Waals surface area contributed by atoms with Crippen molar-refractivity contribution in [2.24, 2.45) is 0 Å². The molecule has 1 aromatic heterocycles. The van der Waals surface area contributed by atoms with Gasteiger partial charge in [0.2, 0.25) is 11.9 Å². The molecule has 4 rings (SSSR count). The second kappa shape index (κ2) is 6.55. The molecule has 1 amide bonds. The number of halogens is 1. The van der Waals surface area contributed by atoms with Gasteiger partial charge in [-0.2, -0.15) is 0 Å². The Bertz CT molecular complexity index is 866. The SMILES string of the molecule is O=C(Cc1ccccc1F)N1CCN(c2nc3ccccc3[nH]2)CC1. The molecule has 25 heavy (non-hydrogen) atoms. The van der Waals surface area contributed by atoms with Crippen LogP contribution in [0.2, 0.25) is 0 Å². The van der Waals surface area contributed by atoms with Gasteiger partial charge in [-0.3, -0.25) is 4.79 Å². The highest BCUT2D eigenvalue weighted by molar-refractivity contribution is 5.79. The first-order valence-electron chi connectivity index (χ1n) is 8.41. The highest BCUT2D eigenvalue weighted by Gasteiger charge is 2.23. The molecule has 0 spiro atoms. The van der Waals surface area contributed by atoms with Crippen molar-refractivity contribution in [3.8, 4) is 0 Å². The van der Waals surface area contributed by atoms with Crippen LogP contribution >= 0.6 is 0 Å². The largest absolute Gasteiger partial charge is 0.339 e. The predicted octanol–water partition coefficient (Wildman–Crippen LogP) is 2.59. The summed E-state index contributed by atoms with van der Waals surface area (Å²) in [5.74, 6) is 0.480. The van der Waals surface area contributed by atoms with Crippen LogP contribution in [0.25, 0.3) is 11.0 Å². The number of hydrogen-bond donors (Lipinski definition) is 1. The Kier molecular flexibility index (Phi) is 4.09. The molecular formula is C19H19FN4O. The van der Waals surface area contributed by atoms with Crippen LogP contribution in [-0.2, 0) is 11.2 Å². The van der Waals surface area contributed by atoms with Gasteiger partial charge in [0.25, 0.3) is 0 Å². The molecule has 1 aliphatic rings. The molecule has 5 nitrogen and oxygen atoms in total. The third-order valence-corrected chi connectivity index (χ3v) is 4.61. The Morgan fingerprint density at radius 2 is 1.76 bits per heavy atom. The number of fused-ring (bicyclic) bond motifs is 1. The van der Waals surface area contributed by atoms with Crippen LogP contribution in [0.5, 0.6) is 0 Å². The fourth-order valence-electron chi connectivity index (χ4n) is 3.17. The first kappa shape index (κ1) is 15.6. The predicted molar refractivity (Wildman–Crippen MR) is 95.0 cm³/mol. The second-order valence-corrected chi connectivity index (χ2v) is 6.21. The number of rotatable bonds is 3. The van der Waals surface area contributed by atoms with Crippen molar-refractivity contribution in [1.29, 1.82) is 0 Å². The number of hydrogen-bond acceptors (Lipinski definition) is 3. The van der Waals surface area contributed by atoms with Gasteiger partial charge in [-0.1, -0.05) is 30.3 Å². The molecule has 2 heterocycles. The van der Waals surface area contributed by atoms with Crippen molar-refractivity contribution in [1.82, 2.24) is 14.9 Å². The van der Waals surface area contributed by atoms with E-state index in [9.17, 15) is 9.18 Å². The van der Waals surface area contributed by atoms with Gasteiger partial charge in [0.05, 0.1) is 17.5 Å². The van der Waals surface area contributed by atoms with Crippen LogP contribution in [0.4, 0.5) is 10.3 Å². The van der Waals surface area contributed by atoms with Crippen LogP contribution in [0.1, 0.15) is 5.56 Å². The summed E-state index contributed by atoms with van der Waals surface area (Å²) in [6.45, 7) is 2.65. The number of imidazole rings is 1. The number of benzene rings is 2.